The van der Waals surface area contributed by atoms with Crippen LogP contribution in [0.4, 0.5) is 0 Å². The molecule has 0 aliphatic rings. The molecule has 5 nitrogen and oxygen atoms in total. The fraction of sp³-hybridized carbons (Fsp3) is 0.235. The van der Waals surface area contributed by atoms with Gasteiger partial charge in [-0.15, -0.1) is 0 Å². The lowest BCUT2D eigenvalue weighted by atomic mass is 10.0. The third kappa shape index (κ3) is 4.54. The molecule has 0 bridgehead atoms. The molecule has 2 aromatic rings. The number of hydrogen-bond donors (Lipinski definition) is 3. The Bertz CT molecular complexity index is 857. The zero-order valence-electron chi connectivity index (χ0n) is 13.6. The smallest absolute Gasteiger partial charge is 0.319 e. The van der Waals surface area contributed by atoms with Gasteiger partial charge in [0.05, 0.1) is 6.54 Å². The molecule has 2 rings (SSSR count). The van der Waals surface area contributed by atoms with Gasteiger partial charge in [-0.3, -0.25) is 20.5 Å². The summed E-state index contributed by atoms with van der Waals surface area (Å²) in [5.74, 6) is -1.01. The second-order valence-electron chi connectivity index (χ2n) is 5.85. The van der Waals surface area contributed by atoms with Crippen LogP contribution in [-0.2, 0) is 11.3 Å². The van der Waals surface area contributed by atoms with Crippen molar-refractivity contribution in [2.45, 2.75) is 25.1 Å². The molecule has 0 saturated carbocycles. The number of hydrogen-bond acceptors (Lipinski definition) is 4. The highest BCUT2D eigenvalue weighted by molar-refractivity contribution is 9.18. The largest absolute Gasteiger partial charge is 0.480 e. The lowest BCUT2D eigenvalue weighted by molar-refractivity contribution is -0.138. The zero-order chi connectivity index (χ0) is 18.8. The van der Waals surface area contributed by atoms with Crippen molar-refractivity contribution in [2.24, 2.45) is 0 Å². The molecule has 25 heavy (non-hydrogen) atoms. The van der Waals surface area contributed by atoms with Gasteiger partial charge in [0, 0.05) is 10.4 Å². The van der Waals surface area contributed by atoms with Crippen molar-refractivity contribution in [1.29, 1.82) is 10.8 Å². The van der Waals surface area contributed by atoms with Gasteiger partial charge in [0.15, 0.2) is 9.91 Å². The SMILES string of the molecule is CC(C)(SC(=N)N(Cc1ccc(Cl)c2ccccc12)C(=N)Br)C(=O)O. The minimum absolute atomic E-state index is 0.00906. The Morgan fingerprint density at radius 3 is 2.40 bits per heavy atom. The van der Waals surface area contributed by atoms with Crippen LogP contribution in [0.1, 0.15) is 19.4 Å². The maximum Gasteiger partial charge on any atom is 0.319 e. The van der Waals surface area contributed by atoms with Crippen molar-refractivity contribution in [2.75, 3.05) is 0 Å². The summed E-state index contributed by atoms with van der Waals surface area (Å²) < 4.78 is -1.18. The molecule has 132 valence electrons. The minimum atomic E-state index is -1.17. The third-order valence-electron chi connectivity index (χ3n) is 3.64. The first-order valence-corrected chi connectivity index (χ1v) is 9.31. The Morgan fingerprint density at radius 1 is 1.24 bits per heavy atom. The van der Waals surface area contributed by atoms with Crippen LogP contribution in [0.2, 0.25) is 5.02 Å². The maximum atomic E-state index is 11.3. The molecule has 0 atom stereocenters. The van der Waals surface area contributed by atoms with E-state index in [-0.39, 0.29) is 16.5 Å². The Kier molecular flexibility index (Phi) is 6.13. The monoisotopic (exact) mass is 441 g/mol. The van der Waals surface area contributed by atoms with Crippen LogP contribution in [0, 0.1) is 10.8 Å². The maximum absolute atomic E-state index is 11.3. The quantitative estimate of drug-likeness (QED) is 0.347. The van der Waals surface area contributed by atoms with E-state index >= 15 is 0 Å². The van der Waals surface area contributed by atoms with E-state index in [4.69, 9.17) is 22.4 Å². The first kappa shape index (κ1) is 19.8. The summed E-state index contributed by atoms with van der Waals surface area (Å²) in [4.78, 5) is 12.7. The third-order valence-corrected chi connectivity index (χ3v) is 5.49. The Balaban J connectivity index is 2.35. The number of thioether (sulfide) groups is 1. The number of halogens is 2. The summed E-state index contributed by atoms with van der Waals surface area (Å²) in [5, 5.41) is 27.9. The van der Waals surface area contributed by atoms with Crippen molar-refractivity contribution in [3.63, 3.8) is 0 Å². The van der Waals surface area contributed by atoms with Gasteiger partial charge in [0.2, 0.25) is 0 Å². The van der Waals surface area contributed by atoms with Gasteiger partial charge in [-0.05, 0) is 46.8 Å². The Labute approximate surface area is 163 Å². The van der Waals surface area contributed by atoms with Gasteiger partial charge >= 0.3 is 5.97 Å². The first-order chi connectivity index (χ1) is 11.6. The van der Waals surface area contributed by atoms with Gasteiger partial charge < -0.3 is 5.11 Å². The number of nitrogens with zero attached hydrogens (tertiary/aromatic N) is 1. The summed E-state index contributed by atoms with van der Waals surface area (Å²) >= 11 is 10.2. The molecule has 0 amide bonds. The van der Waals surface area contributed by atoms with Gasteiger partial charge in [0.1, 0.15) is 4.75 Å². The van der Waals surface area contributed by atoms with Crippen LogP contribution in [0.5, 0.6) is 0 Å². The van der Waals surface area contributed by atoms with E-state index in [1.165, 1.54) is 18.7 Å². The molecule has 0 fully saturated rings. The Morgan fingerprint density at radius 2 is 1.84 bits per heavy atom. The summed E-state index contributed by atoms with van der Waals surface area (Å²) in [6.07, 6.45) is 0. The number of carboxylic acids is 1. The van der Waals surface area contributed by atoms with Crippen LogP contribution < -0.4 is 0 Å². The molecular formula is C17H17BrClN3O2S. The highest BCUT2D eigenvalue weighted by Crippen LogP contribution is 2.31. The number of fused-ring (bicyclic) bond motifs is 1. The summed E-state index contributed by atoms with van der Waals surface area (Å²) in [6.45, 7) is 3.31. The molecule has 0 aliphatic heterocycles. The second-order valence-corrected chi connectivity index (χ2v) is 8.62. The summed E-state index contributed by atoms with van der Waals surface area (Å²) in [6, 6.07) is 11.3. The Hall–Kier alpha value is -1.57. The molecule has 0 radical (unpaired) electrons. The standard InChI is InChI=1S/C17H17BrClN3O2S/c1-17(2,14(23)24)25-16(21)22(15(18)20)9-10-7-8-13(19)12-6-4-3-5-11(10)12/h3-8,20-21H,9H2,1-2H3,(H,23,24). The van der Waals surface area contributed by atoms with Crippen LogP contribution in [-0.4, -0.2) is 30.6 Å². The lowest BCUT2D eigenvalue weighted by Gasteiger charge is -2.27. The van der Waals surface area contributed by atoms with Crippen molar-refractivity contribution < 1.29 is 9.90 Å². The molecule has 3 N–H and O–H groups in total. The van der Waals surface area contributed by atoms with Crippen LogP contribution in [0.15, 0.2) is 36.4 Å². The van der Waals surface area contributed by atoms with Gasteiger partial charge in [-0.2, -0.15) is 0 Å². The van der Waals surface area contributed by atoms with E-state index < -0.39 is 10.7 Å². The molecule has 0 aromatic heterocycles. The molecule has 0 saturated heterocycles. The molecule has 0 heterocycles. The average molecular weight is 443 g/mol. The molecule has 0 spiro atoms. The fourth-order valence-electron chi connectivity index (χ4n) is 2.20. The van der Waals surface area contributed by atoms with E-state index in [9.17, 15) is 9.90 Å². The number of rotatable bonds is 4. The molecule has 0 aliphatic carbocycles. The van der Waals surface area contributed by atoms with E-state index in [2.05, 4.69) is 15.9 Å². The predicted octanol–water partition coefficient (Wildman–Crippen LogP) is 5.16. The number of carbonyl (C=O) groups is 1. The molecular weight excluding hydrogens is 426 g/mol. The zero-order valence-corrected chi connectivity index (χ0v) is 16.8. The molecule has 8 heteroatoms. The predicted molar refractivity (Wildman–Crippen MR) is 108 cm³/mol. The highest BCUT2D eigenvalue weighted by atomic mass is 79.9. The van der Waals surface area contributed by atoms with Crippen molar-refractivity contribution in [1.82, 2.24) is 4.90 Å². The van der Waals surface area contributed by atoms with E-state index in [0.29, 0.717) is 5.02 Å². The van der Waals surface area contributed by atoms with Crippen LogP contribution in [0.3, 0.4) is 0 Å². The number of carboxylic acid groups (broad SMARTS) is 1. The average Bonchev–Trinajstić information content (AvgIpc) is 2.53. The normalized spacial score (nSPS) is 11.4. The van der Waals surface area contributed by atoms with Crippen LogP contribution in [0.25, 0.3) is 10.8 Å². The van der Waals surface area contributed by atoms with Gasteiger partial charge in [0.25, 0.3) is 0 Å². The van der Waals surface area contributed by atoms with Gasteiger partial charge in [-0.25, -0.2) is 0 Å². The minimum Gasteiger partial charge on any atom is -0.480 e. The number of aliphatic carboxylic acids is 1. The number of benzene rings is 2. The van der Waals surface area contributed by atoms with Crippen molar-refractivity contribution in [3.05, 3.63) is 47.0 Å². The van der Waals surface area contributed by atoms with Gasteiger partial charge in [-0.1, -0.05) is 53.7 Å². The first-order valence-electron chi connectivity index (χ1n) is 7.32. The van der Waals surface area contributed by atoms with E-state index in [1.807, 2.05) is 30.3 Å². The van der Waals surface area contributed by atoms with Crippen LogP contribution >= 0.6 is 39.3 Å². The second kappa shape index (κ2) is 7.76. The van der Waals surface area contributed by atoms with E-state index in [1.54, 1.807) is 6.07 Å². The van der Waals surface area contributed by atoms with Crippen molar-refractivity contribution in [3.8, 4) is 0 Å². The summed E-state index contributed by atoms with van der Waals surface area (Å²) in [7, 11) is 0. The topological polar surface area (TPSA) is 88.2 Å². The molecule has 0 unspecified atom stereocenters. The lowest BCUT2D eigenvalue weighted by Crippen LogP contribution is -2.36. The highest BCUT2D eigenvalue weighted by Gasteiger charge is 2.32. The fourth-order valence-corrected chi connectivity index (χ4v) is 3.69. The number of nitrogens with one attached hydrogen (secondary N) is 2. The van der Waals surface area contributed by atoms with E-state index in [0.717, 1.165) is 28.1 Å². The molecule has 2 aromatic carbocycles. The summed E-state index contributed by atoms with van der Waals surface area (Å²) in [5.41, 5.74) is 0.891. The number of amidine groups is 2. The van der Waals surface area contributed by atoms with Crippen molar-refractivity contribution >= 4 is 65.9 Å².